The largest absolute Gasteiger partial charge is 0.497 e. The van der Waals surface area contributed by atoms with Crippen molar-refractivity contribution in [3.63, 3.8) is 0 Å². The van der Waals surface area contributed by atoms with Gasteiger partial charge in [0, 0.05) is 38.7 Å². The standard InChI is InChI=1S/C22H25F2N3O3/c1-15(28)26-11-9-18(10-12-26)27(14-16-3-6-19(30-2)7-4-16)22(29)25-21-13-17(23)5-8-20(21)24/h3-8,13,18H,9-12,14H2,1-2H3,(H,25,29). The van der Waals surface area contributed by atoms with Crippen LogP contribution in [0, 0.1) is 11.6 Å². The van der Waals surface area contributed by atoms with E-state index in [1.54, 1.807) is 29.0 Å². The average molecular weight is 417 g/mol. The molecule has 0 aromatic heterocycles. The second-order valence-electron chi connectivity index (χ2n) is 7.27. The number of hydrogen-bond acceptors (Lipinski definition) is 3. The van der Waals surface area contributed by atoms with Gasteiger partial charge in [-0.1, -0.05) is 12.1 Å². The molecule has 1 fully saturated rings. The molecule has 1 saturated heterocycles. The minimum Gasteiger partial charge on any atom is -0.497 e. The van der Waals surface area contributed by atoms with Crippen molar-refractivity contribution in [2.24, 2.45) is 0 Å². The predicted octanol–water partition coefficient (Wildman–Crippen LogP) is 4.02. The van der Waals surface area contributed by atoms with Crippen LogP contribution in [0.2, 0.25) is 0 Å². The van der Waals surface area contributed by atoms with Crippen molar-refractivity contribution < 1.29 is 23.1 Å². The summed E-state index contributed by atoms with van der Waals surface area (Å²) >= 11 is 0. The first kappa shape index (κ1) is 21.5. The Morgan fingerprint density at radius 1 is 1.13 bits per heavy atom. The van der Waals surface area contributed by atoms with E-state index in [-0.39, 0.29) is 24.2 Å². The predicted molar refractivity (Wildman–Crippen MR) is 109 cm³/mol. The minimum atomic E-state index is -0.708. The summed E-state index contributed by atoms with van der Waals surface area (Å²) in [5.41, 5.74) is 0.667. The Balaban J connectivity index is 1.79. The Labute approximate surface area is 174 Å². The normalized spacial score (nSPS) is 14.3. The van der Waals surface area contributed by atoms with Gasteiger partial charge in [-0.2, -0.15) is 0 Å². The lowest BCUT2D eigenvalue weighted by Crippen LogP contribution is -2.49. The van der Waals surface area contributed by atoms with E-state index >= 15 is 0 Å². The molecule has 8 heteroatoms. The molecule has 1 aliphatic heterocycles. The third-order valence-corrected chi connectivity index (χ3v) is 5.29. The lowest BCUT2D eigenvalue weighted by molar-refractivity contribution is -0.130. The Bertz CT molecular complexity index is 897. The molecule has 1 heterocycles. The van der Waals surface area contributed by atoms with E-state index < -0.39 is 17.7 Å². The van der Waals surface area contributed by atoms with E-state index in [0.29, 0.717) is 31.7 Å². The molecule has 0 radical (unpaired) electrons. The number of nitrogens with zero attached hydrogens (tertiary/aromatic N) is 2. The monoisotopic (exact) mass is 417 g/mol. The second kappa shape index (κ2) is 9.56. The van der Waals surface area contributed by atoms with Crippen molar-refractivity contribution in [3.05, 3.63) is 59.7 Å². The van der Waals surface area contributed by atoms with Gasteiger partial charge in [-0.15, -0.1) is 0 Å². The smallest absolute Gasteiger partial charge is 0.322 e. The van der Waals surface area contributed by atoms with Crippen LogP contribution in [-0.4, -0.2) is 48.0 Å². The zero-order valence-corrected chi connectivity index (χ0v) is 17.0. The molecule has 0 aliphatic carbocycles. The third kappa shape index (κ3) is 5.25. The van der Waals surface area contributed by atoms with E-state index in [9.17, 15) is 18.4 Å². The zero-order valence-electron chi connectivity index (χ0n) is 17.0. The molecule has 2 aromatic carbocycles. The van der Waals surface area contributed by atoms with Gasteiger partial charge in [0.25, 0.3) is 0 Å². The fourth-order valence-electron chi connectivity index (χ4n) is 3.57. The number of amides is 3. The maximum Gasteiger partial charge on any atom is 0.322 e. The molecule has 0 saturated carbocycles. The zero-order chi connectivity index (χ0) is 21.7. The molecule has 160 valence electrons. The van der Waals surface area contributed by atoms with Gasteiger partial charge in [-0.3, -0.25) is 4.79 Å². The number of carbonyl (C=O) groups is 2. The minimum absolute atomic E-state index is 0.00133. The van der Waals surface area contributed by atoms with Gasteiger partial charge in [-0.05, 0) is 42.7 Å². The summed E-state index contributed by atoms with van der Waals surface area (Å²) in [6.45, 7) is 2.90. The summed E-state index contributed by atoms with van der Waals surface area (Å²) in [7, 11) is 1.57. The van der Waals surface area contributed by atoms with E-state index in [1.165, 1.54) is 6.92 Å². The van der Waals surface area contributed by atoms with Crippen molar-refractivity contribution in [1.82, 2.24) is 9.80 Å². The third-order valence-electron chi connectivity index (χ3n) is 5.29. The number of methoxy groups -OCH3 is 1. The van der Waals surface area contributed by atoms with Gasteiger partial charge >= 0.3 is 6.03 Å². The number of anilines is 1. The number of halogens is 2. The Hall–Kier alpha value is -3.16. The lowest BCUT2D eigenvalue weighted by Gasteiger charge is -2.38. The highest BCUT2D eigenvalue weighted by Gasteiger charge is 2.29. The summed E-state index contributed by atoms with van der Waals surface area (Å²) in [6, 6.07) is 9.58. The number of ether oxygens (including phenoxy) is 1. The first-order valence-electron chi connectivity index (χ1n) is 9.78. The summed E-state index contributed by atoms with van der Waals surface area (Å²) in [6.07, 6.45) is 1.21. The van der Waals surface area contributed by atoms with E-state index in [4.69, 9.17) is 4.74 Å². The molecule has 0 bridgehead atoms. The topological polar surface area (TPSA) is 61.9 Å². The molecule has 6 nitrogen and oxygen atoms in total. The van der Waals surface area contributed by atoms with Crippen molar-refractivity contribution in [1.29, 1.82) is 0 Å². The number of likely N-dealkylation sites (tertiary alicyclic amines) is 1. The molecule has 3 amide bonds. The summed E-state index contributed by atoms with van der Waals surface area (Å²) in [5.74, 6) is -0.642. The molecule has 2 aromatic rings. The quantitative estimate of drug-likeness (QED) is 0.799. The fourth-order valence-corrected chi connectivity index (χ4v) is 3.57. The van der Waals surface area contributed by atoms with Gasteiger partial charge < -0.3 is 19.9 Å². The molecule has 0 spiro atoms. The fraction of sp³-hybridized carbons (Fsp3) is 0.364. The van der Waals surface area contributed by atoms with Crippen LogP contribution in [0.4, 0.5) is 19.3 Å². The Morgan fingerprint density at radius 2 is 1.80 bits per heavy atom. The molecule has 1 N–H and O–H groups in total. The van der Waals surface area contributed by atoms with Crippen LogP contribution in [-0.2, 0) is 11.3 Å². The number of carbonyl (C=O) groups excluding carboxylic acids is 2. The van der Waals surface area contributed by atoms with Crippen molar-refractivity contribution in [2.75, 3.05) is 25.5 Å². The molecule has 3 rings (SSSR count). The maximum atomic E-state index is 14.0. The number of urea groups is 1. The van der Waals surface area contributed by atoms with Crippen LogP contribution >= 0.6 is 0 Å². The summed E-state index contributed by atoms with van der Waals surface area (Å²) in [4.78, 5) is 28.0. The van der Waals surface area contributed by atoms with Gasteiger partial charge in [0.15, 0.2) is 0 Å². The maximum absolute atomic E-state index is 14.0. The van der Waals surface area contributed by atoms with Crippen molar-refractivity contribution in [3.8, 4) is 5.75 Å². The van der Waals surface area contributed by atoms with Crippen molar-refractivity contribution >= 4 is 17.6 Å². The highest BCUT2D eigenvalue weighted by molar-refractivity contribution is 5.89. The lowest BCUT2D eigenvalue weighted by atomic mass is 10.0. The van der Waals surface area contributed by atoms with Gasteiger partial charge in [0.05, 0.1) is 12.8 Å². The molecule has 30 heavy (non-hydrogen) atoms. The van der Waals surface area contributed by atoms with Crippen LogP contribution in [0.5, 0.6) is 5.75 Å². The molecule has 1 aliphatic rings. The Morgan fingerprint density at radius 3 is 2.40 bits per heavy atom. The number of nitrogens with one attached hydrogen (secondary N) is 1. The molecular weight excluding hydrogens is 392 g/mol. The van der Waals surface area contributed by atoms with Crippen LogP contribution in [0.15, 0.2) is 42.5 Å². The van der Waals surface area contributed by atoms with Gasteiger partial charge in [0.2, 0.25) is 5.91 Å². The van der Waals surface area contributed by atoms with Gasteiger partial charge in [0.1, 0.15) is 17.4 Å². The van der Waals surface area contributed by atoms with E-state index in [0.717, 1.165) is 23.8 Å². The Kier molecular flexibility index (Phi) is 6.87. The summed E-state index contributed by atoms with van der Waals surface area (Å²) in [5, 5.41) is 2.49. The van der Waals surface area contributed by atoms with Gasteiger partial charge in [-0.25, -0.2) is 13.6 Å². The van der Waals surface area contributed by atoms with E-state index in [1.807, 2.05) is 12.1 Å². The SMILES string of the molecule is COc1ccc(CN(C(=O)Nc2cc(F)ccc2F)C2CCN(C(C)=O)CC2)cc1. The van der Waals surface area contributed by atoms with Crippen LogP contribution in [0.1, 0.15) is 25.3 Å². The highest BCUT2D eigenvalue weighted by atomic mass is 19.1. The van der Waals surface area contributed by atoms with E-state index in [2.05, 4.69) is 5.32 Å². The number of benzene rings is 2. The van der Waals surface area contributed by atoms with Crippen molar-refractivity contribution in [2.45, 2.75) is 32.4 Å². The van der Waals surface area contributed by atoms with Crippen LogP contribution in [0.3, 0.4) is 0 Å². The molecule has 0 unspecified atom stereocenters. The van der Waals surface area contributed by atoms with Crippen LogP contribution in [0.25, 0.3) is 0 Å². The molecule has 0 atom stereocenters. The second-order valence-corrected chi connectivity index (χ2v) is 7.27. The first-order valence-corrected chi connectivity index (χ1v) is 9.78. The number of piperidine rings is 1. The first-order chi connectivity index (χ1) is 14.4. The highest BCUT2D eigenvalue weighted by Crippen LogP contribution is 2.23. The number of hydrogen-bond donors (Lipinski definition) is 1. The average Bonchev–Trinajstić information content (AvgIpc) is 2.75. The van der Waals surface area contributed by atoms with Crippen LogP contribution < -0.4 is 10.1 Å². The number of rotatable bonds is 5. The summed E-state index contributed by atoms with van der Waals surface area (Å²) < 4.78 is 32.7. The molecular formula is C22H25F2N3O3.